The number of nitrogens with zero attached hydrogens (tertiary/aromatic N) is 1. The topological polar surface area (TPSA) is 50.8 Å². The molecule has 0 unspecified atom stereocenters. The minimum absolute atomic E-state index is 0.0852. The maximum atomic E-state index is 12.6. The van der Waals surface area contributed by atoms with Crippen LogP contribution in [0, 0.1) is 13.8 Å². The molecule has 0 spiro atoms. The van der Waals surface area contributed by atoms with Gasteiger partial charge in [0.2, 0.25) is 0 Å². The number of ether oxygens (including phenoxy) is 2. The summed E-state index contributed by atoms with van der Waals surface area (Å²) in [6, 6.07) is 14.3. The quantitative estimate of drug-likeness (QED) is 0.795. The van der Waals surface area contributed by atoms with Gasteiger partial charge in [0.1, 0.15) is 5.75 Å². The van der Waals surface area contributed by atoms with E-state index in [2.05, 4.69) is 41.4 Å². The minimum Gasteiger partial charge on any atom is -0.481 e. The zero-order chi connectivity index (χ0) is 19.9. The van der Waals surface area contributed by atoms with Crippen LogP contribution >= 0.6 is 0 Å². The van der Waals surface area contributed by atoms with Crippen molar-refractivity contribution in [3.8, 4) is 5.75 Å². The predicted molar refractivity (Wildman–Crippen MR) is 112 cm³/mol. The summed E-state index contributed by atoms with van der Waals surface area (Å²) >= 11 is 0. The molecule has 1 aliphatic heterocycles. The van der Waals surface area contributed by atoms with Gasteiger partial charge in [-0.3, -0.25) is 4.79 Å². The Morgan fingerprint density at radius 2 is 1.82 bits per heavy atom. The second kappa shape index (κ2) is 9.60. The maximum Gasteiger partial charge on any atom is 0.261 e. The Bertz CT molecular complexity index is 783. The van der Waals surface area contributed by atoms with E-state index in [0.717, 1.165) is 43.2 Å². The molecule has 0 aromatic heterocycles. The second-order valence-electron chi connectivity index (χ2n) is 7.24. The van der Waals surface area contributed by atoms with Crippen LogP contribution in [0.25, 0.3) is 0 Å². The summed E-state index contributed by atoms with van der Waals surface area (Å²) in [6.07, 6.45) is 0.129. The number of rotatable bonds is 7. The lowest BCUT2D eigenvalue weighted by Gasteiger charge is -2.29. The van der Waals surface area contributed by atoms with Crippen molar-refractivity contribution >= 4 is 11.6 Å². The van der Waals surface area contributed by atoms with E-state index in [4.69, 9.17) is 9.47 Å². The van der Waals surface area contributed by atoms with E-state index in [-0.39, 0.29) is 5.91 Å². The highest BCUT2D eigenvalue weighted by molar-refractivity contribution is 5.81. The van der Waals surface area contributed by atoms with E-state index in [1.165, 1.54) is 11.3 Å². The summed E-state index contributed by atoms with van der Waals surface area (Å²) in [5.74, 6) is 0.651. The third-order valence-electron chi connectivity index (χ3n) is 5.20. The highest BCUT2D eigenvalue weighted by Crippen LogP contribution is 2.19. The summed E-state index contributed by atoms with van der Waals surface area (Å²) in [5, 5.41) is 3.00. The van der Waals surface area contributed by atoms with Gasteiger partial charge in [-0.15, -0.1) is 0 Å². The first-order valence-electron chi connectivity index (χ1n) is 10.00. The average Bonchev–Trinajstić information content (AvgIpc) is 2.73. The number of aryl methyl sites for hydroxylation is 2. The van der Waals surface area contributed by atoms with Gasteiger partial charge < -0.3 is 19.7 Å². The van der Waals surface area contributed by atoms with E-state index in [9.17, 15) is 4.79 Å². The second-order valence-corrected chi connectivity index (χ2v) is 7.24. The lowest BCUT2D eigenvalue weighted by Crippen LogP contribution is -2.37. The Morgan fingerprint density at radius 1 is 1.11 bits per heavy atom. The molecule has 0 saturated carbocycles. The summed E-state index contributed by atoms with van der Waals surface area (Å²) in [5.41, 5.74) is 4.65. The number of anilines is 1. The number of hydrogen-bond donors (Lipinski definition) is 1. The molecule has 1 saturated heterocycles. The van der Waals surface area contributed by atoms with Gasteiger partial charge in [0.15, 0.2) is 6.10 Å². The van der Waals surface area contributed by atoms with Crippen LogP contribution in [0.2, 0.25) is 0 Å². The van der Waals surface area contributed by atoms with Crippen molar-refractivity contribution in [1.29, 1.82) is 0 Å². The Morgan fingerprint density at radius 3 is 2.46 bits per heavy atom. The number of amides is 1. The summed E-state index contributed by atoms with van der Waals surface area (Å²) in [6.45, 7) is 9.95. The molecule has 0 aliphatic carbocycles. The molecule has 1 aliphatic rings. The number of carbonyl (C=O) groups is 1. The van der Waals surface area contributed by atoms with Gasteiger partial charge in [-0.05, 0) is 61.2 Å². The van der Waals surface area contributed by atoms with Gasteiger partial charge in [-0.1, -0.05) is 25.1 Å². The van der Waals surface area contributed by atoms with Crippen LogP contribution in [0.5, 0.6) is 5.75 Å². The fraction of sp³-hybridized carbons (Fsp3) is 0.435. The van der Waals surface area contributed by atoms with Gasteiger partial charge in [0, 0.05) is 25.3 Å². The zero-order valence-corrected chi connectivity index (χ0v) is 17.0. The predicted octanol–water partition coefficient (Wildman–Crippen LogP) is 3.61. The summed E-state index contributed by atoms with van der Waals surface area (Å²) in [4.78, 5) is 14.9. The van der Waals surface area contributed by atoms with Crippen LogP contribution in [0.4, 0.5) is 5.69 Å². The Hall–Kier alpha value is -2.53. The van der Waals surface area contributed by atoms with Gasteiger partial charge in [0.25, 0.3) is 5.91 Å². The smallest absolute Gasteiger partial charge is 0.261 e. The molecule has 1 N–H and O–H groups in total. The van der Waals surface area contributed by atoms with Crippen molar-refractivity contribution in [3.63, 3.8) is 0 Å². The molecule has 5 nitrogen and oxygen atoms in total. The molecule has 0 bridgehead atoms. The highest BCUT2D eigenvalue weighted by atomic mass is 16.5. The third-order valence-corrected chi connectivity index (χ3v) is 5.20. The van der Waals surface area contributed by atoms with Crippen LogP contribution < -0.4 is 15.0 Å². The van der Waals surface area contributed by atoms with Gasteiger partial charge >= 0.3 is 0 Å². The Balaban J connectivity index is 1.53. The largest absolute Gasteiger partial charge is 0.481 e. The van der Waals surface area contributed by atoms with Crippen LogP contribution in [0.1, 0.15) is 30.0 Å². The number of nitrogens with one attached hydrogen (secondary N) is 1. The lowest BCUT2D eigenvalue weighted by atomic mass is 10.1. The molecule has 2 aromatic carbocycles. The molecule has 1 atom stereocenters. The number of morpholine rings is 1. The fourth-order valence-corrected chi connectivity index (χ4v) is 3.22. The molecule has 3 rings (SSSR count). The number of benzene rings is 2. The van der Waals surface area contributed by atoms with Crippen LogP contribution in [-0.2, 0) is 16.1 Å². The molecule has 0 radical (unpaired) electrons. The average molecular weight is 383 g/mol. The lowest BCUT2D eigenvalue weighted by molar-refractivity contribution is -0.128. The maximum absolute atomic E-state index is 12.6. The van der Waals surface area contributed by atoms with E-state index in [1.54, 1.807) is 0 Å². The van der Waals surface area contributed by atoms with E-state index >= 15 is 0 Å². The van der Waals surface area contributed by atoms with Crippen molar-refractivity contribution in [1.82, 2.24) is 5.32 Å². The SMILES string of the molecule is CC[C@H](Oc1ccc(C)c(C)c1)C(=O)NCc1ccc(N2CCOCC2)cc1. The number of carbonyl (C=O) groups excluding carboxylic acids is 1. The van der Waals surface area contributed by atoms with E-state index < -0.39 is 6.10 Å². The molecule has 1 heterocycles. The Kier molecular flexibility index (Phi) is 6.93. The number of hydrogen-bond acceptors (Lipinski definition) is 4. The molecule has 5 heteroatoms. The monoisotopic (exact) mass is 382 g/mol. The molecule has 150 valence electrons. The molecular weight excluding hydrogens is 352 g/mol. The van der Waals surface area contributed by atoms with Crippen molar-refractivity contribution in [2.75, 3.05) is 31.2 Å². The van der Waals surface area contributed by atoms with Gasteiger partial charge in [-0.2, -0.15) is 0 Å². The van der Waals surface area contributed by atoms with Crippen molar-refractivity contribution in [2.45, 2.75) is 39.8 Å². The van der Waals surface area contributed by atoms with Crippen LogP contribution in [0.3, 0.4) is 0 Å². The highest BCUT2D eigenvalue weighted by Gasteiger charge is 2.18. The van der Waals surface area contributed by atoms with E-state index in [1.807, 2.05) is 32.0 Å². The zero-order valence-electron chi connectivity index (χ0n) is 17.0. The van der Waals surface area contributed by atoms with Crippen molar-refractivity contribution in [3.05, 3.63) is 59.2 Å². The molecule has 28 heavy (non-hydrogen) atoms. The third kappa shape index (κ3) is 5.26. The molecule has 2 aromatic rings. The normalized spacial score (nSPS) is 15.2. The van der Waals surface area contributed by atoms with Crippen molar-refractivity contribution in [2.24, 2.45) is 0 Å². The fourth-order valence-electron chi connectivity index (χ4n) is 3.22. The van der Waals surface area contributed by atoms with E-state index in [0.29, 0.717) is 13.0 Å². The molecule has 1 amide bonds. The standard InChI is InChI=1S/C23H30N2O3/c1-4-22(28-21-10-5-17(2)18(3)15-21)23(26)24-16-19-6-8-20(9-7-19)25-11-13-27-14-12-25/h5-10,15,22H,4,11-14,16H2,1-3H3,(H,24,26)/t22-/m0/s1. The van der Waals surface area contributed by atoms with Crippen LogP contribution in [-0.4, -0.2) is 38.3 Å². The van der Waals surface area contributed by atoms with Gasteiger partial charge in [0.05, 0.1) is 13.2 Å². The summed E-state index contributed by atoms with van der Waals surface area (Å²) < 4.78 is 11.3. The first-order valence-corrected chi connectivity index (χ1v) is 10.00. The van der Waals surface area contributed by atoms with Crippen molar-refractivity contribution < 1.29 is 14.3 Å². The minimum atomic E-state index is -0.491. The molecular formula is C23H30N2O3. The summed E-state index contributed by atoms with van der Waals surface area (Å²) in [7, 11) is 0. The Labute approximate surface area is 167 Å². The van der Waals surface area contributed by atoms with Gasteiger partial charge in [-0.25, -0.2) is 0 Å². The van der Waals surface area contributed by atoms with Crippen LogP contribution in [0.15, 0.2) is 42.5 Å². The first-order chi connectivity index (χ1) is 13.6. The first kappa shape index (κ1) is 20.2. The molecule has 1 fully saturated rings.